The molecule has 0 unspecified atom stereocenters. The third-order valence-corrected chi connectivity index (χ3v) is 10.2. The van der Waals surface area contributed by atoms with Crippen molar-refractivity contribution < 1.29 is 9.47 Å². The van der Waals surface area contributed by atoms with Crippen molar-refractivity contribution in [3.63, 3.8) is 0 Å². The molecule has 1 aliphatic heterocycles. The molecule has 0 fully saturated rings. The lowest BCUT2D eigenvalue weighted by atomic mass is 9.82. The Morgan fingerprint density at radius 1 is 0.431 bits per heavy atom. The topological polar surface area (TPSA) is 57.1 Å². The fourth-order valence-electron chi connectivity index (χ4n) is 7.60. The van der Waals surface area contributed by atoms with E-state index in [9.17, 15) is 0 Å². The van der Waals surface area contributed by atoms with Gasteiger partial charge in [-0.15, -0.1) is 0 Å². The van der Waals surface area contributed by atoms with E-state index in [0.29, 0.717) is 29.0 Å². The highest BCUT2D eigenvalue weighted by molar-refractivity contribution is 5.95. The standard InChI is InChI=1S/C46H31N3O2/c1-46(2)36-21-9-8-19-35(36)41-37(46)23-25-39-42(41)51-40-27-31(22-24-38(40)50-39)30-16-10-17-32(26-30)44-47-43(29-13-4-3-5-14-29)48-45(49-44)34-20-11-15-28-12-6-7-18-33(28)34/h3-27H,1-2H3. The van der Waals surface area contributed by atoms with Gasteiger partial charge in [0, 0.05) is 27.7 Å². The minimum absolute atomic E-state index is 0.129. The average Bonchev–Trinajstić information content (AvgIpc) is 3.43. The quantitative estimate of drug-likeness (QED) is 0.188. The number of rotatable bonds is 4. The van der Waals surface area contributed by atoms with Crippen molar-refractivity contribution in [2.75, 3.05) is 0 Å². The zero-order valence-electron chi connectivity index (χ0n) is 28.1. The Morgan fingerprint density at radius 2 is 1.08 bits per heavy atom. The van der Waals surface area contributed by atoms with Crippen LogP contribution in [-0.4, -0.2) is 15.0 Å². The van der Waals surface area contributed by atoms with E-state index in [1.807, 2.05) is 48.5 Å². The highest BCUT2D eigenvalue weighted by Gasteiger charge is 2.39. The molecular formula is C46H31N3O2. The number of hydrogen-bond acceptors (Lipinski definition) is 5. The van der Waals surface area contributed by atoms with E-state index in [1.54, 1.807) is 0 Å². The van der Waals surface area contributed by atoms with Crippen molar-refractivity contribution in [1.82, 2.24) is 15.0 Å². The van der Waals surface area contributed by atoms with Gasteiger partial charge in [-0.3, -0.25) is 0 Å². The number of benzene rings is 7. The summed E-state index contributed by atoms with van der Waals surface area (Å²) in [5, 5.41) is 2.24. The lowest BCUT2D eigenvalue weighted by Gasteiger charge is -2.25. The predicted octanol–water partition coefficient (Wildman–Crippen LogP) is 11.9. The molecule has 2 aliphatic rings. The van der Waals surface area contributed by atoms with Gasteiger partial charge >= 0.3 is 0 Å². The molecule has 0 spiro atoms. The van der Waals surface area contributed by atoms with Gasteiger partial charge in [0.25, 0.3) is 0 Å². The molecule has 0 bridgehead atoms. The van der Waals surface area contributed by atoms with Crippen LogP contribution in [0.1, 0.15) is 25.0 Å². The van der Waals surface area contributed by atoms with Crippen LogP contribution < -0.4 is 9.47 Å². The van der Waals surface area contributed by atoms with E-state index in [0.717, 1.165) is 55.7 Å². The molecule has 0 N–H and O–H groups in total. The van der Waals surface area contributed by atoms with Crippen LogP contribution in [0, 0.1) is 0 Å². The van der Waals surface area contributed by atoms with Crippen LogP contribution in [0.2, 0.25) is 0 Å². The van der Waals surface area contributed by atoms with E-state index in [-0.39, 0.29) is 5.41 Å². The summed E-state index contributed by atoms with van der Waals surface area (Å²) in [6.07, 6.45) is 0. The molecule has 1 aromatic heterocycles. The first-order valence-electron chi connectivity index (χ1n) is 17.2. The summed E-state index contributed by atoms with van der Waals surface area (Å²) in [4.78, 5) is 15.1. The van der Waals surface area contributed by atoms with E-state index < -0.39 is 0 Å². The minimum atomic E-state index is -0.129. The van der Waals surface area contributed by atoms with Crippen molar-refractivity contribution in [2.24, 2.45) is 0 Å². The average molecular weight is 658 g/mol. The molecule has 2 heterocycles. The SMILES string of the molecule is CC1(C)c2ccccc2-c2c1ccc1c2Oc2cc(-c3cccc(-c4nc(-c5ccccc5)nc(-c5cccc6ccccc56)n4)c3)ccc2O1. The summed E-state index contributed by atoms with van der Waals surface area (Å²) in [6, 6.07) is 51.9. The molecule has 7 aromatic carbocycles. The Balaban J connectivity index is 1.06. The summed E-state index contributed by atoms with van der Waals surface area (Å²) in [6.45, 7) is 4.54. The second-order valence-corrected chi connectivity index (χ2v) is 13.6. The van der Waals surface area contributed by atoms with E-state index in [1.165, 1.54) is 16.7 Å². The Bertz CT molecular complexity index is 2680. The first-order valence-corrected chi connectivity index (χ1v) is 17.2. The van der Waals surface area contributed by atoms with E-state index in [4.69, 9.17) is 24.4 Å². The van der Waals surface area contributed by atoms with Gasteiger partial charge in [-0.1, -0.05) is 141 Å². The van der Waals surface area contributed by atoms with Crippen LogP contribution >= 0.6 is 0 Å². The molecule has 1 aliphatic carbocycles. The van der Waals surface area contributed by atoms with Crippen molar-refractivity contribution in [2.45, 2.75) is 19.3 Å². The monoisotopic (exact) mass is 657 g/mol. The largest absolute Gasteiger partial charge is 0.449 e. The van der Waals surface area contributed by atoms with E-state index >= 15 is 0 Å². The van der Waals surface area contributed by atoms with Gasteiger partial charge in [-0.25, -0.2) is 15.0 Å². The molecule has 10 rings (SSSR count). The molecule has 5 nitrogen and oxygen atoms in total. The summed E-state index contributed by atoms with van der Waals surface area (Å²) >= 11 is 0. The Morgan fingerprint density at radius 3 is 1.98 bits per heavy atom. The van der Waals surface area contributed by atoms with E-state index in [2.05, 4.69) is 117 Å². The maximum Gasteiger partial charge on any atom is 0.178 e. The maximum atomic E-state index is 6.75. The fourth-order valence-corrected chi connectivity index (χ4v) is 7.60. The van der Waals surface area contributed by atoms with Gasteiger partial charge in [0.2, 0.25) is 0 Å². The van der Waals surface area contributed by atoms with Crippen LogP contribution in [-0.2, 0) is 5.41 Å². The number of fused-ring (bicyclic) bond motifs is 7. The zero-order chi connectivity index (χ0) is 34.1. The molecule has 5 heteroatoms. The summed E-state index contributed by atoms with van der Waals surface area (Å²) in [7, 11) is 0. The van der Waals surface area contributed by atoms with Gasteiger partial charge in [0.05, 0.1) is 0 Å². The van der Waals surface area contributed by atoms with Crippen LogP contribution in [0.3, 0.4) is 0 Å². The number of hydrogen-bond donors (Lipinski definition) is 0. The Labute approximate surface area is 295 Å². The minimum Gasteiger partial charge on any atom is -0.449 e. The normalized spacial score (nSPS) is 13.4. The number of ether oxygens (including phenoxy) is 2. The lowest BCUT2D eigenvalue weighted by Crippen LogP contribution is -2.15. The Kier molecular flexibility index (Phi) is 6.46. The third kappa shape index (κ3) is 4.73. The molecule has 8 aromatic rings. The van der Waals surface area contributed by atoms with Crippen molar-refractivity contribution >= 4 is 10.8 Å². The van der Waals surface area contributed by atoms with Crippen LogP contribution in [0.5, 0.6) is 23.0 Å². The van der Waals surface area contributed by atoms with Gasteiger partial charge in [-0.2, -0.15) is 0 Å². The second-order valence-electron chi connectivity index (χ2n) is 13.6. The summed E-state index contributed by atoms with van der Waals surface area (Å²) in [5.74, 6) is 4.75. The molecule has 0 radical (unpaired) electrons. The molecule has 0 saturated heterocycles. The maximum absolute atomic E-state index is 6.75. The zero-order valence-corrected chi connectivity index (χ0v) is 28.1. The third-order valence-electron chi connectivity index (χ3n) is 10.2. The highest BCUT2D eigenvalue weighted by Crippen LogP contribution is 2.58. The van der Waals surface area contributed by atoms with Crippen molar-refractivity contribution in [1.29, 1.82) is 0 Å². The van der Waals surface area contributed by atoms with Crippen LogP contribution in [0.4, 0.5) is 0 Å². The Hall–Kier alpha value is -6.59. The summed E-state index contributed by atoms with van der Waals surface area (Å²) in [5.41, 5.74) is 9.53. The van der Waals surface area contributed by atoms with Crippen LogP contribution in [0.15, 0.2) is 152 Å². The molecule has 0 atom stereocenters. The summed E-state index contributed by atoms with van der Waals surface area (Å²) < 4.78 is 13.2. The van der Waals surface area contributed by atoms with Gasteiger partial charge in [0.1, 0.15) is 0 Å². The first kappa shape index (κ1) is 29.3. The van der Waals surface area contributed by atoms with Gasteiger partial charge < -0.3 is 9.47 Å². The highest BCUT2D eigenvalue weighted by atomic mass is 16.6. The smallest absolute Gasteiger partial charge is 0.178 e. The predicted molar refractivity (Wildman–Crippen MR) is 203 cm³/mol. The second kappa shape index (κ2) is 11.2. The number of aromatic nitrogens is 3. The molecular weight excluding hydrogens is 627 g/mol. The fraction of sp³-hybridized carbons (Fsp3) is 0.0652. The van der Waals surface area contributed by atoms with Gasteiger partial charge in [0.15, 0.2) is 40.5 Å². The number of nitrogens with zero attached hydrogens (tertiary/aromatic N) is 3. The van der Waals surface area contributed by atoms with Gasteiger partial charge in [-0.05, 0) is 62.9 Å². The first-order chi connectivity index (χ1) is 25.0. The van der Waals surface area contributed by atoms with Crippen LogP contribution in [0.25, 0.3) is 67.2 Å². The molecule has 242 valence electrons. The molecule has 51 heavy (non-hydrogen) atoms. The molecule has 0 amide bonds. The molecule has 0 saturated carbocycles. The lowest BCUT2D eigenvalue weighted by molar-refractivity contribution is 0.360. The van der Waals surface area contributed by atoms with Crippen molar-refractivity contribution in [3.8, 4) is 79.4 Å². The van der Waals surface area contributed by atoms with Crippen molar-refractivity contribution in [3.05, 3.63) is 163 Å².